The van der Waals surface area contributed by atoms with Gasteiger partial charge in [-0.1, -0.05) is 44.4 Å². The Balaban J connectivity index is 1.53. The molecule has 0 spiro atoms. The maximum absolute atomic E-state index is 5.94. The highest BCUT2D eigenvalue weighted by Crippen LogP contribution is 2.36. The highest BCUT2D eigenvalue weighted by atomic mass is 16.5. The van der Waals surface area contributed by atoms with Crippen LogP contribution in [0.3, 0.4) is 0 Å². The van der Waals surface area contributed by atoms with E-state index in [1.165, 1.54) is 77.0 Å². The summed E-state index contributed by atoms with van der Waals surface area (Å²) in [6, 6.07) is 0. The Kier molecular flexibility index (Phi) is 9.80. The molecule has 0 unspecified atom stereocenters. The predicted molar refractivity (Wildman–Crippen MR) is 105 cm³/mol. The summed E-state index contributed by atoms with van der Waals surface area (Å²) in [4.78, 5) is 0. The van der Waals surface area contributed by atoms with Gasteiger partial charge in [0, 0.05) is 0 Å². The van der Waals surface area contributed by atoms with Gasteiger partial charge in [-0.2, -0.15) is 0 Å². The van der Waals surface area contributed by atoms with E-state index in [0.717, 1.165) is 30.8 Å². The average Bonchev–Trinajstić information content (AvgIpc) is 2.63. The van der Waals surface area contributed by atoms with Crippen molar-refractivity contribution in [3.05, 3.63) is 24.8 Å². The number of rotatable bonds is 10. The van der Waals surface area contributed by atoms with Crippen molar-refractivity contribution in [1.82, 2.24) is 0 Å². The first-order chi connectivity index (χ1) is 11.8. The van der Waals surface area contributed by atoms with Gasteiger partial charge in [-0.05, 0) is 82.0 Å². The maximum atomic E-state index is 5.94. The minimum Gasteiger partial charge on any atom is -0.378 e. The fourth-order valence-corrected chi connectivity index (χ4v) is 4.50. The van der Waals surface area contributed by atoms with Crippen LogP contribution in [0, 0.1) is 17.8 Å². The zero-order valence-electron chi connectivity index (χ0n) is 16.1. The number of allylic oxidation sites excluding steroid dienone is 2. The predicted octanol–water partition coefficient (Wildman–Crippen LogP) is 7.08. The third-order valence-corrected chi connectivity index (χ3v) is 6.21. The molecule has 2 fully saturated rings. The summed E-state index contributed by atoms with van der Waals surface area (Å²) in [5, 5.41) is 0. The van der Waals surface area contributed by atoms with E-state index in [1.807, 2.05) is 6.08 Å². The lowest BCUT2D eigenvalue weighted by atomic mass is 9.77. The molecule has 0 N–H and O–H groups in total. The zero-order chi connectivity index (χ0) is 17.0. The van der Waals surface area contributed by atoms with E-state index in [2.05, 4.69) is 25.7 Å². The van der Waals surface area contributed by atoms with Gasteiger partial charge >= 0.3 is 0 Å². The Labute approximate surface area is 150 Å². The SMILES string of the molecule is C=CCCOC1CCC(CCC2CCC(C=CCCC)CC2)CC1. The number of ether oxygens (including phenoxy) is 1. The van der Waals surface area contributed by atoms with Crippen molar-refractivity contribution in [2.75, 3.05) is 6.61 Å². The maximum Gasteiger partial charge on any atom is 0.0575 e. The van der Waals surface area contributed by atoms with E-state index in [-0.39, 0.29) is 0 Å². The monoisotopic (exact) mass is 332 g/mol. The molecule has 0 radical (unpaired) electrons. The van der Waals surface area contributed by atoms with Crippen LogP contribution in [0.25, 0.3) is 0 Å². The van der Waals surface area contributed by atoms with Crippen molar-refractivity contribution >= 4 is 0 Å². The molecule has 0 saturated heterocycles. The van der Waals surface area contributed by atoms with Gasteiger partial charge in [0.2, 0.25) is 0 Å². The normalized spacial score (nSPS) is 31.4. The molecule has 0 amide bonds. The lowest BCUT2D eigenvalue weighted by Gasteiger charge is -2.31. The zero-order valence-corrected chi connectivity index (χ0v) is 16.1. The van der Waals surface area contributed by atoms with Gasteiger partial charge in [0.25, 0.3) is 0 Å². The van der Waals surface area contributed by atoms with Crippen LogP contribution in [0.2, 0.25) is 0 Å². The second-order valence-corrected chi connectivity index (χ2v) is 8.17. The highest BCUT2D eigenvalue weighted by molar-refractivity contribution is 4.91. The smallest absolute Gasteiger partial charge is 0.0575 e. The molecule has 2 aliphatic carbocycles. The van der Waals surface area contributed by atoms with E-state index in [9.17, 15) is 0 Å². The minimum absolute atomic E-state index is 0.534. The fourth-order valence-electron chi connectivity index (χ4n) is 4.50. The van der Waals surface area contributed by atoms with Crippen LogP contribution in [0.1, 0.15) is 90.4 Å². The van der Waals surface area contributed by atoms with Crippen LogP contribution in [0.15, 0.2) is 24.8 Å². The van der Waals surface area contributed by atoms with Gasteiger partial charge in [-0.15, -0.1) is 6.58 Å². The summed E-state index contributed by atoms with van der Waals surface area (Å²) in [6.45, 7) is 6.90. The summed E-state index contributed by atoms with van der Waals surface area (Å²) in [5.74, 6) is 2.88. The molecule has 138 valence electrons. The number of hydrogen-bond acceptors (Lipinski definition) is 1. The molecular weight excluding hydrogens is 292 g/mol. The van der Waals surface area contributed by atoms with E-state index >= 15 is 0 Å². The first kappa shape index (κ1) is 19.8. The quantitative estimate of drug-likeness (QED) is 0.307. The number of unbranched alkanes of at least 4 members (excludes halogenated alkanes) is 1. The Bertz CT molecular complexity index is 343. The molecule has 0 bridgehead atoms. The van der Waals surface area contributed by atoms with Crippen molar-refractivity contribution in [1.29, 1.82) is 0 Å². The van der Waals surface area contributed by atoms with Gasteiger partial charge in [0.15, 0.2) is 0 Å². The van der Waals surface area contributed by atoms with Crippen LogP contribution in [0.4, 0.5) is 0 Å². The Morgan fingerprint density at radius 3 is 2.08 bits per heavy atom. The summed E-state index contributed by atoms with van der Waals surface area (Å²) < 4.78 is 5.94. The minimum atomic E-state index is 0.534. The molecule has 2 rings (SSSR count). The lowest BCUT2D eigenvalue weighted by Crippen LogP contribution is -2.23. The van der Waals surface area contributed by atoms with Crippen molar-refractivity contribution in [3.63, 3.8) is 0 Å². The third kappa shape index (κ3) is 7.55. The largest absolute Gasteiger partial charge is 0.378 e. The van der Waals surface area contributed by atoms with Crippen LogP contribution >= 0.6 is 0 Å². The van der Waals surface area contributed by atoms with Crippen LogP contribution in [-0.4, -0.2) is 12.7 Å². The van der Waals surface area contributed by atoms with Crippen molar-refractivity contribution in [2.24, 2.45) is 17.8 Å². The Morgan fingerprint density at radius 2 is 1.50 bits per heavy atom. The van der Waals surface area contributed by atoms with Gasteiger partial charge in [0.1, 0.15) is 0 Å². The van der Waals surface area contributed by atoms with Crippen molar-refractivity contribution in [2.45, 2.75) is 96.5 Å². The van der Waals surface area contributed by atoms with Crippen molar-refractivity contribution in [3.8, 4) is 0 Å². The molecule has 0 aromatic carbocycles. The lowest BCUT2D eigenvalue weighted by molar-refractivity contribution is 0.0189. The molecule has 1 heteroatoms. The summed E-state index contributed by atoms with van der Waals surface area (Å²) in [5.41, 5.74) is 0. The first-order valence-electron chi connectivity index (χ1n) is 10.7. The summed E-state index contributed by atoms with van der Waals surface area (Å²) in [6.07, 6.45) is 25.1. The Morgan fingerprint density at radius 1 is 0.875 bits per heavy atom. The summed E-state index contributed by atoms with van der Waals surface area (Å²) in [7, 11) is 0. The molecule has 0 atom stereocenters. The fraction of sp³-hybridized carbons (Fsp3) is 0.826. The Hall–Kier alpha value is -0.560. The molecule has 2 saturated carbocycles. The third-order valence-electron chi connectivity index (χ3n) is 6.21. The summed E-state index contributed by atoms with van der Waals surface area (Å²) >= 11 is 0. The topological polar surface area (TPSA) is 9.23 Å². The molecular formula is C23H40O. The van der Waals surface area contributed by atoms with E-state index in [4.69, 9.17) is 4.74 Å². The first-order valence-corrected chi connectivity index (χ1v) is 10.7. The van der Waals surface area contributed by atoms with Gasteiger partial charge in [0.05, 0.1) is 12.7 Å². The standard InChI is InChI=1S/C23H40O/c1-3-5-7-8-20-9-11-21(12-10-20)13-14-22-15-17-23(18-16-22)24-19-6-4-2/h4,7-8,20-23H,2-3,5-6,9-19H2,1H3. The second-order valence-electron chi connectivity index (χ2n) is 8.17. The second kappa shape index (κ2) is 11.9. The average molecular weight is 333 g/mol. The molecule has 0 aromatic rings. The molecule has 1 nitrogen and oxygen atoms in total. The van der Waals surface area contributed by atoms with Crippen LogP contribution in [-0.2, 0) is 4.74 Å². The van der Waals surface area contributed by atoms with Crippen molar-refractivity contribution < 1.29 is 4.74 Å². The van der Waals surface area contributed by atoms with Gasteiger partial charge < -0.3 is 4.74 Å². The van der Waals surface area contributed by atoms with E-state index in [1.54, 1.807) is 0 Å². The van der Waals surface area contributed by atoms with Gasteiger partial charge in [-0.3, -0.25) is 0 Å². The highest BCUT2D eigenvalue weighted by Gasteiger charge is 2.24. The van der Waals surface area contributed by atoms with E-state index < -0.39 is 0 Å². The molecule has 0 heterocycles. The van der Waals surface area contributed by atoms with Gasteiger partial charge in [-0.25, -0.2) is 0 Å². The van der Waals surface area contributed by atoms with E-state index in [0.29, 0.717) is 6.10 Å². The van der Waals surface area contributed by atoms with Crippen LogP contribution in [0.5, 0.6) is 0 Å². The molecule has 0 aromatic heterocycles. The molecule has 0 aliphatic heterocycles. The van der Waals surface area contributed by atoms with Crippen LogP contribution < -0.4 is 0 Å². The molecule has 2 aliphatic rings. The number of hydrogen-bond donors (Lipinski definition) is 0. The molecule has 24 heavy (non-hydrogen) atoms.